The number of nitrogen functional groups attached to an aromatic ring is 1. The number of nitrogens with two attached hydrogens (primary N) is 1. The van der Waals surface area contributed by atoms with Crippen LogP contribution in [0.2, 0.25) is 5.02 Å². The Labute approximate surface area is 87.0 Å². The lowest BCUT2D eigenvalue weighted by Gasteiger charge is -2.02. The first-order valence-electron chi connectivity index (χ1n) is 3.19. The second-order valence-corrected chi connectivity index (χ2v) is 2.53. The number of halogens is 2. The summed E-state index contributed by atoms with van der Waals surface area (Å²) in [5, 5.41) is 7.49. The number of aromatic nitrogens is 1. The number of nitrogens with zero attached hydrogens (tertiary/aromatic N) is 1. The predicted molar refractivity (Wildman–Crippen MR) is 54.1 cm³/mol. The van der Waals surface area contributed by atoms with Crippen molar-refractivity contribution in [2.75, 3.05) is 7.11 Å². The molecule has 0 aromatic carbocycles. The van der Waals surface area contributed by atoms with Crippen molar-refractivity contribution in [3.05, 3.63) is 22.8 Å². The summed E-state index contributed by atoms with van der Waals surface area (Å²) < 4.78 is 4.82. The van der Waals surface area contributed by atoms with E-state index >= 15 is 0 Å². The quantitative estimate of drug-likeness (QED) is 0.587. The molecular weight excluding hydrogens is 213 g/mol. The zero-order valence-electron chi connectivity index (χ0n) is 6.87. The van der Waals surface area contributed by atoms with E-state index in [1.165, 1.54) is 19.4 Å². The third kappa shape index (κ3) is 2.75. The molecule has 0 aliphatic heterocycles. The maximum atomic E-state index is 7.12. The van der Waals surface area contributed by atoms with Crippen LogP contribution >= 0.6 is 24.0 Å². The van der Waals surface area contributed by atoms with Gasteiger partial charge in [-0.3, -0.25) is 5.41 Å². The molecule has 6 heteroatoms. The van der Waals surface area contributed by atoms with Gasteiger partial charge in [-0.25, -0.2) is 4.98 Å². The van der Waals surface area contributed by atoms with Crippen LogP contribution in [0.25, 0.3) is 0 Å². The molecule has 0 amide bonds. The average Bonchev–Trinajstić information content (AvgIpc) is 2.03. The van der Waals surface area contributed by atoms with Crippen molar-refractivity contribution in [2.45, 2.75) is 0 Å². The van der Waals surface area contributed by atoms with Crippen molar-refractivity contribution in [1.29, 1.82) is 5.41 Å². The highest BCUT2D eigenvalue weighted by Gasteiger charge is 2.04. The van der Waals surface area contributed by atoms with Gasteiger partial charge in [0.1, 0.15) is 5.84 Å². The molecule has 1 aromatic rings. The van der Waals surface area contributed by atoms with Crippen LogP contribution < -0.4 is 10.5 Å². The Morgan fingerprint density at radius 3 is 2.69 bits per heavy atom. The van der Waals surface area contributed by atoms with Gasteiger partial charge in [-0.15, -0.1) is 12.4 Å². The van der Waals surface area contributed by atoms with E-state index in [4.69, 9.17) is 27.5 Å². The summed E-state index contributed by atoms with van der Waals surface area (Å²) in [6, 6.07) is 1.51. The summed E-state index contributed by atoms with van der Waals surface area (Å²) in [4.78, 5) is 3.85. The van der Waals surface area contributed by atoms with Crippen LogP contribution in [0.3, 0.4) is 0 Å². The van der Waals surface area contributed by atoms with Crippen LogP contribution in [0.4, 0.5) is 0 Å². The summed E-state index contributed by atoms with van der Waals surface area (Å²) in [7, 11) is 1.49. The van der Waals surface area contributed by atoms with Crippen LogP contribution in [0.1, 0.15) is 5.56 Å². The van der Waals surface area contributed by atoms with E-state index in [-0.39, 0.29) is 18.2 Å². The zero-order valence-corrected chi connectivity index (χ0v) is 8.45. The fraction of sp³-hybridized carbons (Fsp3) is 0.143. The Balaban J connectivity index is 0.00000144. The highest BCUT2D eigenvalue weighted by Crippen LogP contribution is 2.18. The summed E-state index contributed by atoms with van der Waals surface area (Å²) in [6.45, 7) is 0. The second kappa shape index (κ2) is 4.89. The van der Waals surface area contributed by atoms with Crippen LogP contribution in [0, 0.1) is 5.41 Å². The molecule has 0 saturated heterocycles. The van der Waals surface area contributed by atoms with E-state index < -0.39 is 0 Å². The van der Waals surface area contributed by atoms with Gasteiger partial charge in [0.2, 0.25) is 5.88 Å². The van der Waals surface area contributed by atoms with E-state index in [0.717, 1.165) is 0 Å². The lowest BCUT2D eigenvalue weighted by molar-refractivity contribution is 0.398. The van der Waals surface area contributed by atoms with Crippen molar-refractivity contribution in [1.82, 2.24) is 4.98 Å². The van der Waals surface area contributed by atoms with E-state index in [1.807, 2.05) is 0 Å². The Kier molecular flexibility index (Phi) is 4.51. The number of pyridine rings is 1. The third-order valence-corrected chi connectivity index (χ3v) is 1.64. The second-order valence-electron chi connectivity index (χ2n) is 2.12. The Hall–Kier alpha value is -1.000. The molecule has 72 valence electrons. The minimum Gasteiger partial charge on any atom is -0.481 e. The summed E-state index contributed by atoms with van der Waals surface area (Å²) in [5.74, 6) is 0.306. The van der Waals surface area contributed by atoms with Gasteiger partial charge in [0, 0.05) is 12.3 Å². The molecule has 0 aliphatic rings. The van der Waals surface area contributed by atoms with Crippen molar-refractivity contribution in [3.8, 4) is 5.88 Å². The van der Waals surface area contributed by atoms with Gasteiger partial charge in [-0.2, -0.15) is 0 Å². The normalized spacial score (nSPS) is 8.77. The van der Waals surface area contributed by atoms with Crippen molar-refractivity contribution in [2.24, 2.45) is 5.73 Å². The average molecular weight is 222 g/mol. The first kappa shape index (κ1) is 12.0. The van der Waals surface area contributed by atoms with E-state index in [2.05, 4.69) is 4.98 Å². The fourth-order valence-corrected chi connectivity index (χ4v) is 0.967. The molecule has 0 atom stereocenters. The van der Waals surface area contributed by atoms with Crippen molar-refractivity contribution >= 4 is 29.8 Å². The van der Waals surface area contributed by atoms with Crippen LogP contribution in [0.5, 0.6) is 5.88 Å². The Bertz CT molecular complexity index is 317. The molecule has 0 aliphatic carbocycles. The zero-order chi connectivity index (χ0) is 9.14. The molecule has 4 nitrogen and oxygen atoms in total. The Morgan fingerprint density at radius 2 is 2.31 bits per heavy atom. The highest BCUT2D eigenvalue weighted by molar-refractivity contribution is 6.33. The molecule has 1 heterocycles. The molecule has 0 bridgehead atoms. The third-order valence-electron chi connectivity index (χ3n) is 1.33. The number of nitrogens with one attached hydrogen (secondary N) is 1. The molecule has 1 rings (SSSR count). The fourth-order valence-electron chi connectivity index (χ4n) is 0.723. The van der Waals surface area contributed by atoms with E-state index in [9.17, 15) is 0 Å². The smallest absolute Gasteiger partial charge is 0.214 e. The lowest BCUT2D eigenvalue weighted by Crippen LogP contribution is -2.12. The molecule has 0 unspecified atom stereocenters. The maximum Gasteiger partial charge on any atom is 0.214 e. The monoisotopic (exact) mass is 221 g/mol. The molecule has 0 spiro atoms. The highest BCUT2D eigenvalue weighted by atomic mass is 35.5. The number of rotatable bonds is 2. The number of ether oxygens (including phenoxy) is 1. The van der Waals surface area contributed by atoms with E-state index in [1.54, 1.807) is 0 Å². The van der Waals surface area contributed by atoms with Crippen LogP contribution in [0.15, 0.2) is 12.3 Å². The number of amidine groups is 1. The number of methoxy groups -OCH3 is 1. The molecule has 0 radical (unpaired) electrons. The molecule has 0 fully saturated rings. The van der Waals surface area contributed by atoms with Crippen molar-refractivity contribution < 1.29 is 4.74 Å². The van der Waals surface area contributed by atoms with E-state index in [0.29, 0.717) is 16.5 Å². The summed E-state index contributed by atoms with van der Waals surface area (Å²) in [6.07, 6.45) is 1.41. The summed E-state index contributed by atoms with van der Waals surface area (Å²) in [5.41, 5.74) is 5.64. The Morgan fingerprint density at radius 1 is 1.69 bits per heavy atom. The van der Waals surface area contributed by atoms with Gasteiger partial charge in [-0.05, 0) is 0 Å². The largest absolute Gasteiger partial charge is 0.481 e. The SMILES string of the molecule is COc1cc(Cl)c(C(=N)N)cn1.Cl. The molecule has 0 saturated carbocycles. The minimum atomic E-state index is -0.102. The first-order chi connectivity index (χ1) is 5.65. The van der Waals surface area contributed by atoms with Gasteiger partial charge in [-0.1, -0.05) is 11.6 Å². The van der Waals surface area contributed by atoms with Gasteiger partial charge in [0.15, 0.2) is 0 Å². The standard InChI is InChI=1S/C7H8ClN3O.ClH/c1-12-6-2-5(8)4(3-11-6)7(9)10;/h2-3H,1H3,(H3,9,10);1H. The van der Waals surface area contributed by atoms with Crippen LogP contribution in [-0.2, 0) is 0 Å². The van der Waals surface area contributed by atoms with Crippen LogP contribution in [-0.4, -0.2) is 17.9 Å². The maximum absolute atomic E-state index is 7.12. The molecule has 3 N–H and O–H groups in total. The molecule has 1 aromatic heterocycles. The topological polar surface area (TPSA) is 72.0 Å². The van der Waals surface area contributed by atoms with Gasteiger partial charge < -0.3 is 10.5 Å². The van der Waals surface area contributed by atoms with Gasteiger partial charge >= 0.3 is 0 Å². The number of hydrogen-bond donors (Lipinski definition) is 2. The lowest BCUT2D eigenvalue weighted by atomic mass is 10.2. The molecule has 13 heavy (non-hydrogen) atoms. The summed E-state index contributed by atoms with van der Waals surface area (Å²) >= 11 is 5.76. The van der Waals surface area contributed by atoms with Crippen molar-refractivity contribution in [3.63, 3.8) is 0 Å². The number of hydrogen-bond acceptors (Lipinski definition) is 3. The first-order valence-corrected chi connectivity index (χ1v) is 3.57. The van der Waals surface area contributed by atoms with Gasteiger partial charge in [0.25, 0.3) is 0 Å². The minimum absolute atomic E-state index is 0. The molecular formula is C7H9Cl2N3O. The predicted octanol–water partition coefficient (Wildman–Crippen LogP) is 1.45. The van der Waals surface area contributed by atoms with Gasteiger partial charge in [0.05, 0.1) is 17.7 Å².